The van der Waals surface area contributed by atoms with Crippen molar-refractivity contribution in [1.29, 1.82) is 0 Å². The van der Waals surface area contributed by atoms with Crippen molar-refractivity contribution in [2.75, 3.05) is 0 Å². The molecule has 110 valence electrons. The van der Waals surface area contributed by atoms with E-state index in [1.54, 1.807) is 0 Å². The number of hydrogen-bond acceptors (Lipinski definition) is 2. The molecule has 0 amide bonds. The molecule has 4 aromatic rings. The maximum absolute atomic E-state index is 4.33. The van der Waals surface area contributed by atoms with Crippen molar-refractivity contribution in [1.82, 2.24) is 24.3 Å². The molecule has 3 aromatic heterocycles. The highest BCUT2D eigenvalue weighted by Gasteiger charge is 2.21. The first-order valence-electron chi connectivity index (χ1n) is 7.26. The summed E-state index contributed by atoms with van der Waals surface area (Å²) >= 11 is 0. The smallest absolute Gasteiger partial charge is 0.0954 e. The maximum atomic E-state index is 4.33. The van der Waals surface area contributed by atoms with Crippen molar-refractivity contribution in [2.45, 2.75) is 13.0 Å². The SMILES string of the molecule is Cc1cccc2c(C(c3cnn(C)c3)n3ccnc3)c[nH]c12. The van der Waals surface area contributed by atoms with Gasteiger partial charge in [0, 0.05) is 53.9 Å². The van der Waals surface area contributed by atoms with Gasteiger partial charge >= 0.3 is 0 Å². The van der Waals surface area contributed by atoms with Gasteiger partial charge < -0.3 is 9.55 Å². The number of H-pyrrole nitrogens is 1. The monoisotopic (exact) mass is 291 g/mol. The molecule has 5 heteroatoms. The molecule has 0 aliphatic heterocycles. The number of rotatable bonds is 3. The van der Waals surface area contributed by atoms with Crippen LogP contribution in [0.25, 0.3) is 10.9 Å². The zero-order valence-electron chi connectivity index (χ0n) is 12.6. The molecule has 22 heavy (non-hydrogen) atoms. The third kappa shape index (κ3) is 1.94. The van der Waals surface area contributed by atoms with E-state index in [0.29, 0.717) is 0 Å². The highest BCUT2D eigenvalue weighted by molar-refractivity contribution is 5.86. The van der Waals surface area contributed by atoms with Crippen LogP contribution in [0.3, 0.4) is 0 Å². The predicted molar refractivity (Wildman–Crippen MR) is 85.7 cm³/mol. The first-order chi connectivity index (χ1) is 10.7. The molecule has 4 rings (SSSR count). The van der Waals surface area contributed by atoms with Gasteiger partial charge in [-0.3, -0.25) is 4.68 Å². The average molecular weight is 291 g/mol. The van der Waals surface area contributed by atoms with Crippen LogP contribution in [0.4, 0.5) is 0 Å². The lowest BCUT2D eigenvalue weighted by Crippen LogP contribution is -2.09. The topological polar surface area (TPSA) is 51.4 Å². The van der Waals surface area contributed by atoms with E-state index < -0.39 is 0 Å². The molecule has 0 bridgehead atoms. The second kappa shape index (κ2) is 4.87. The molecule has 0 aliphatic carbocycles. The van der Waals surface area contributed by atoms with Gasteiger partial charge in [0.2, 0.25) is 0 Å². The molecule has 0 radical (unpaired) electrons. The minimum absolute atomic E-state index is 0.0618. The van der Waals surface area contributed by atoms with E-state index >= 15 is 0 Å². The molecular formula is C17H17N5. The lowest BCUT2D eigenvalue weighted by molar-refractivity contribution is 0.679. The number of nitrogens with zero attached hydrogens (tertiary/aromatic N) is 4. The molecule has 0 saturated carbocycles. The minimum Gasteiger partial charge on any atom is -0.361 e. The third-order valence-electron chi connectivity index (χ3n) is 4.11. The zero-order valence-corrected chi connectivity index (χ0v) is 12.6. The van der Waals surface area contributed by atoms with E-state index in [0.717, 1.165) is 5.56 Å². The number of para-hydroxylation sites is 1. The van der Waals surface area contributed by atoms with Crippen molar-refractivity contribution >= 4 is 10.9 Å². The summed E-state index contributed by atoms with van der Waals surface area (Å²) in [7, 11) is 1.94. The number of hydrogen-bond donors (Lipinski definition) is 1. The van der Waals surface area contributed by atoms with Crippen LogP contribution in [0.15, 0.2) is 55.5 Å². The van der Waals surface area contributed by atoms with Gasteiger partial charge in [0.25, 0.3) is 0 Å². The molecule has 0 fully saturated rings. The van der Waals surface area contributed by atoms with E-state index in [-0.39, 0.29) is 6.04 Å². The Kier molecular flexibility index (Phi) is 2.85. The summed E-state index contributed by atoms with van der Waals surface area (Å²) in [6.45, 7) is 2.12. The molecule has 1 aromatic carbocycles. The molecular weight excluding hydrogens is 274 g/mol. The quantitative estimate of drug-likeness (QED) is 0.631. The Morgan fingerprint density at radius 3 is 2.91 bits per heavy atom. The summed E-state index contributed by atoms with van der Waals surface area (Å²) in [5.74, 6) is 0. The Bertz CT molecular complexity index is 914. The number of fused-ring (bicyclic) bond motifs is 1. The molecule has 0 spiro atoms. The van der Waals surface area contributed by atoms with Crippen LogP contribution >= 0.6 is 0 Å². The Labute approximate surface area is 128 Å². The molecule has 0 saturated heterocycles. The summed E-state index contributed by atoms with van der Waals surface area (Å²) in [6, 6.07) is 6.45. The number of aromatic nitrogens is 5. The summed E-state index contributed by atoms with van der Waals surface area (Å²) in [4.78, 5) is 7.62. The molecule has 5 nitrogen and oxygen atoms in total. The van der Waals surface area contributed by atoms with Crippen molar-refractivity contribution < 1.29 is 0 Å². The summed E-state index contributed by atoms with van der Waals surface area (Å²) < 4.78 is 3.95. The predicted octanol–water partition coefficient (Wildman–Crippen LogP) is 3.04. The standard InChI is InChI=1S/C17H17N5/c1-12-4-3-5-14-15(9-19-16(12)14)17(22-7-6-18-11-22)13-8-20-21(2)10-13/h3-11,17,19H,1-2H3. The van der Waals surface area contributed by atoms with E-state index in [1.807, 2.05) is 36.6 Å². The summed E-state index contributed by atoms with van der Waals surface area (Å²) in [5.41, 5.74) is 4.80. The van der Waals surface area contributed by atoms with Gasteiger partial charge in [-0.25, -0.2) is 4.98 Å². The number of nitrogens with one attached hydrogen (secondary N) is 1. The fourth-order valence-electron chi connectivity index (χ4n) is 3.07. The summed E-state index contributed by atoms with van der Waals surface area (Å²) in [6.07, 6.45) is 11.7. The van der Waals surface area contributed by atoms with Crippen molar-refractivity contribution in [2.24, 2.45) is 7.05 Å². The number of imidazole rings is 1. The lowest BCUT2D eigenvalue weighted by atomic mass is 9.99. The van der Waals surface area contributed by atoms with E-state index in [2.05, 4.69) is 57.2 Å². The molecule has 0 aliphatic rings. The molecule has 1 atom stereocenters. The Hall–Kier alpha value is -2.82. The Morgan fingerprint density at radius 2 is 2.18 bits per heavy atom. The first kappa shape index (κ1) is 12.9. The fourth-order valence-corrected chi connectivity index (χ4v) is 3.07. The third-order valence-corrected chi connectivity index (χ3v) is 4.11. The first-order valence-corrected chi connectivity index (χ1v) is 7.26. The highest BCUT2D eigenvalue weighted by Crippen LogP contribution is 2.32. The van der Waals surface area contributed by atoms with Crippen molar-refractivity contribution in [3.05, 3.63) is 72.2 Å². The van der Waals surface area contributed by atoms with Gasteiger partial charge in [-0.2, -0.15) is 5.10 Å². The van der Waals surface area contributed by atoms with Gasteiger partial charge in [-0.15, -0.1) is 0 Å². The van der Waals surface area contributed by atoms with Gasteiger partial charge in [-0.05, 0) is 12.5 Å². The van der Waals surface area contributed by atoms with E-state index in [9.17, 15) is 0 Å². The van der Waals surface area contributed by atoms with Crippen LogP contribution in [0.1, 0.15) is 22.7 Å². The number of aryl methyl sites for hydroxylation is 2. The zero-order chi connectivity index (χ0) is 15.1. The lowest BCUT2D eigenvalue weighted by Gasteiger charge is -2.16. The van der Waals surface area contributed by atoms with Gasteiger partial charge in [0.15, 0.2) is 0 Å². The van der Waals surface area contributed by atoms with Crippen LogP contribution in [0.5, 0.6) is 0 Å². The number of benzene rings is 1. The normalized spacial score (nSPS) is 12.8. The largest absolute Gasteiger partial charge is 0.361 e. The Morgan fingerprint density at radius 1 is 1.27 bits per heavy atom. The van der Waals surface area contributed by atoms with Crippen LogP contribution in [-0.4, -0.2) is 24.3 Å². The van der Waals surface area contributed by atoms with Crippen LogP contribution in [0, 0.1) is 6.92 Å². The minimum atomic E-state index is 0.0618. The highest BCUT2D eigenvalue weighted by atomic mass is 15.2. The van der Waals surface area contributed by atoms with Gasteiger partial charge in [0.1, 0.15) is 0 Å². The van der Waals surface area contributed by atoms with Crippen LogP contribution in [-0.2, 0) is 7.05 Å². The van der Waals surface area contributed by atoms with Crippen LogP contribution in [0.2, 0.25) is 0 Å². The van der Waals surface area contributed by atoms with E-state index in [4.69, 9.17) is 0 Å². The second-order valence-corrected chi connectivity index (χ2v) is 5.60. The average Bonchev–Trinajstić information content (AvgIpc) is 3.22. The molecule has 1 N–H and O–H groups in total. The Balaban J connectivity index is 1.96. The van der Waals surface area contributed by atoms with Crippen LogP contribution < -0.4 is 0 Å². The molecule has 1 unspecified atom stereocenters. The van der Waals surface area contributed by atoms with E-state index in [1.165, 1.54) is 22.0 Å². The maximum Gasteiger partial charge on any atom is 0.0954 e. The van der Waals surface area contributed by atoms with Crippen molar-refractivity contribution in [3.63, 3.8) is 0 Å². The van der Waals surface area contributed by atoms with Gasteiger partial charge in [-0.1, -0.05) is 18.2 Å². The number of aromatic amines is 1. The summed E-state index contributed by atoms with van der Waals surface area (Å²) in [5, 5.41) is 5.57. The molecule has 3 heterocycles. The second-order valence-electron chi connectivity index (χ2n) is 5.60. The fraction of sp³-hybridized carbons (Fsp3) is 0.176. The van der Waals surface area contributed by atoms with Gasteiger partial charge in [0.05, 0.1) is 18.6 Å². The van der Waals surface area contributed by atoms with Crippen molar-refractivity contribution in [3.8, 4) is 0 Å².